The van der Waals surface area contributed by atoms with Gasteiger partial charge in [-0.1, -0.05) is 20.8 Å². The van der Waals surface area contributed by atoms with Gasteiger partial charge >= 0.3 is 12.1 Å². The molecule has 156 valence electrons. The van der Waals surface area contributed by atoms with Crippen LogP contribution in [0.25, 0.3) is 0 Å². The fourth-order valence-electron chi connectivity index (χ4n) is 3.29. The number of rotatable bonds is 6. The molecule has 1 aliphatic rings. The van der Waals surface area contributed by atoms with Crippen LogP contribution in [0.3, 0.4) is 0 Å². The zero-order valence-electron chi connectivity index (χ0n) is 17.0. The van der Waals surface area contributed by atoms with Crippen molar-refractivity contribution in [1.29, 1.82) is 0 Å². The molecule has 1 aromatic carbocycles. The number of carbonyl (C=O) groups excluding carboxylic acids is 2. The van der Waals surface area contributed by atoms with E-state index >= 15 is 0 Å². The van der Waals surface area contributed by atoms with Crippen LogP contribution in [0.5, 0.6) is 11.5 Å². The van der Waals surface area contributed by atoms with Crippen molar-refractivity contribution in [2.45, 2.75) is 52.6 Å². The lowest BCUT2D eigenvalue weighted by Crippen LogP contribution is -2.30. The molecule has 1 aromatic rings. The number of carbonyl (C=O) groups is 2. The van der Waals surface area contributed by atoms with Gasteiger partial charge in [-0.2, -0.15) is 0 Å². The van der Waals surface area contributed by atoms with Gasteiger partial charge in [-0.15, -0.1) is 0 Å². The van der Waals surface area contributed by atoms with Gasteiger partial charge in [-0.3, -0.25) is 4.89 Å². The van der Waals surface area contributed by atoms with E-state index < -0.39 is 12.1 Å². The minimum atomic E-state index is -1.04. The highest BCUT2D eigenvalue weighted by atomic mass is 17.5. The molecular formula is C20H28O8. The molecule has 0 atom stereocenters. The van der Waals surface area contributed by atoms with Gasteiger partial charge in [0.2, 0.25) is 0 Å². The molecule has 0 spiro atoms. The summed E-state index contributed by atoms with van der Waals surface area (Å²) in [5, 5.41) is 4.26. The van der Waals surface area contributed by atoms with Crippen LogP contribution in [0, 0.1) is 11.3 Å². The third kappa shape index (κ3) is 6.02. The summed E-state index contributed by atoms with van der Waals surface area (Å²) in [6.45, 7) is 6.65. The van der Waals surface area contributed by atoms with Gasteiger partial charge < -0.3 is 14.2 Å². The largest absolute Gasteiger partial charge is 0.543 e. The Kier molecular flexibility index (Phi) is 7.51. The van der Waals surface area contributed by atoms with Crippen molar-refractivity contribution in [3.8, 4) is 11.5 Å². The molecule has 0 heterocycles. The van der Waals surface area contributed by atoms with Crippen molar-refractivity contribution < 1.29 is 38.6 Å². The van der Waals surface area contributed by atoms with Crippen LogP contribution in [0.15, 0.2) is 18.2 Å². The number of benzene rings is 1. The summed E-state index contributed by atoms with van der Waals surface area (Å²) >= 11 is 0. The molecule has 0 radical (unpaired) electrons. The molecule has 0 N–H and O–H groups in total. The van der Waals surface area contributed by atoms with Gasteiger partial charge in [0, 0.05) is 0 Å². The normalized spacial score (nSPS) is 19.5. The van der Waals surface area contributed by atoms with Crippen LogP contribution in [-0.2, 0) is 19.6 Å². The van der Waals surface area contributed by atoms with E-state index in [-0.39, 0.29) is 17.1 Å². The van der Waals surface area contributed by atoms with Crippen molar-refractivity contribution >= 4 is 12.1 Å². The first-order valence-electron chi connectivity index (χ1n) is 9.22. The van der Waals surface area contributed by atoms with E-state index in [4.69, 9.17) is 14.2 Å². The zero-order valence-corrected chi connectivity index (χ0v) is 17.0. The van der Waals surface area contributed by atoms with Crippen molar-refractivity contribution in [3.63, 3.8) is 0 Å². The van der Waals surface area contributed by atoms with Gasteiger partial charge in [-0.05, 0) is 55.2 Å². The minimum absolute atomic E-state index is 0.134. The average Bonchev–Trinajstić information content (AvgIpc) is 2.67. The Morgan fingerprint density at radius 1 is 0.929 bits per heavy atom. The maximum absolute atomic E-state index is 11.9. The number of ether oxygens (including phenoxy) is 3. The molecule has 1 fully saturated rings. The lowest BCUT2D eigenvalue weighted by molar-refractivity contribution is -0.453. The molecule has 0 saturated heterocycles. The lowest BCUT2D eigenvalue weighted by atomic mass is 9.72. The molecule has 0 unspecified atom stereocenters. The van der Waals surface area contributed by atoms with E-state index in [1.165, 1.54) is 26.4 Å². The van der Waals surface area contributed by atoms with Gasteiger partial charge in [0.05, 0.1) is 24.8 Å². The maximum Gasteiger partial charge on any atom is 0.543 e. The number of hydrogen-bond acceptors (Lipinski definition) is 8. The van der Waals surface area contributed by atoms with Crippen LogP contribution in [0.1, 0.15) is 56.8 Å². The van der Waals surface area contributed by atoms with Crippen molar-refractivity contribution in [1.82, 2.24) is 0 Å². The van der Waals surface area contributed by atoms with E-state index in [2.05, 4.69) is 35.6 Å². The fourth-order valence-corrected chi connectivity index (χ4v) is 3.29. The Bertz CT molecular complexity index is 671. The van der Waals surface area contributed by atoms with Crippen LogP contribution >= 0.6 is 0 Å². The van der Waals surface area contributed by atoms with Gasteiger partial charge in [0.1, 0.15) is 6.10 Å². The van der Waals surface area contributed by atoms with E-state index in [1.807, 2.05) is 0 Å². The summed E-state index contributed by atoms with van der Waals surface area (Å²) in [5.74, 6) is 0.547. The predicted molar refractivity (Wildman–Crippen MR) is 98.8 cm³/mol. The van der Waals surface area contributed by atoms with Crippen molar-refractivity contribution in [2.75, 3.05) is 14.2 Å². The quantitative estimate of drug-likeness (QED) is 0.395. The first kappa shape index (κ1) is 21.8. The highest BCUT2D eigenvalue weighted by Gasteiger charge is 2.31. The SMILES string of the molecule is COc1ccc(C(=O)OOOC(=O)OC2CCC(C(C)(C)C)CC2)cc1OC. The zero-order chi connectivity index (χ0) is 20.7. The third-order valence-electron chi connectivity index (χ3n) is 4.99. The Balaban J connectivity index is 1.73. The van der Waals surface area contributed by atoms with Crippen LogP contribution in [0.4, 0.5) is 4.79 Å². The summed E-state index contributed by atoms with van der Waals surface area (Å²) in [5.41, 5.74) is 0.377. The van der Waals surface area contributed by atoms with Crippen LogP contribution in [-0.4, -0.2) is 32.4 Å². The van der Waals surface area contributed by atoms with Crippen molar-refractivity contribution in [2.24, 2.45) is 11.3 Å². The van der Waals surface area contributed by atoms with Crippen LogP contribution < -0.4 is 9.47 Å². The molecule has 8 heteroatoms. The second kappa shape index (κ2) is 9.64. The molecule has 28 heavy (non-hydrogen) atoms. The molecule has 0 amide bonds. The Labute approximate surface area is 164 Å². The molecule has 1 aliphatic carbocycles. The summed E-state index contributed by atoms with van der Waals surface area (Å²) in [6, 6.07) is 4.41. The van der Waals surface area contributed by atoms with Crippen LogP contribution in [0.2, 0.25) is 0 Å². The Hall–Kier alpha value is -2.48. The summed E-state index contributed by atoms with van der Waals surface area (Å²) in [4.78, 5) is 32.5. The molecule has 1 saturated carbocycles. The van der Waals surface area contributed by atoms with E-state index in [1.54, 1.807) is 6.07 Å². The van der Waals surface area contributed by atoms with Gasteiger partial charge in [0.25, 0.3) is 0 Å². The molecule has 0 aliphatic heterocycles. The first-order chi connectivity index (χ1) is 13.2. The standard InChI is InChI=1S/C20H28O8/c1-20(2,3)14-7-9-15(10-8-14)25-19(22)27-28-26-18(21)13-6-11-16(23-4)17(12-13)24-5/h6,11-12,14-15H,7-10H2,1-5H3. The lowest BCUT2D eigenvalue weighted by Gasteiger charge is -2.36. The van der Waals surface area contributed by atoms with E-state index in [0.717, 1.165) is 25.7 Å². The monoisotopic (exact) mass is 396 g/mol. The molecule has 2 rings (SSSR count). The Morgan fingerprint density at radius 3 is 2.14 bits per heavy atom. The third-order valence-corrected chi connectivity index (χ3v) is 4.99. The highest BCUT2D eigenvalue weighted by Crippen LogP contribution is 2.38. The molecular weight excluding hydrogens is 368 g/mol. The molecule has 8 nitrogen and oxygen atoms in total. The smallest absolute Gasteiger partial charge is 0.493 e. The topological polar surface area (TPSA) is 89.5 Å². The second-order valence-corrected chi connectivity index (χ2v) is 7.80. The second-order valence-electron chi connectivity index (χ2n) is 7.80. The average molecular weight is 396 g/mol. The van der Waals surface area contributed by atoms with Gasteiger partial charge in [-0.25, -0.2) is 14.5 Å². The number of methoxy groups -OCH3 is 2. The molecule has 0 bridgehead atoms. The summed E-state index contributed by atoms with van der Waals surface area (Å²) < 4.78 is 15.4. The number of hydrogen-bond donors (Lipinski definition) is 0. The summed E-state index contributed by atoms with van der Waals surface area (Å²) in [7, 11) is 2.92. The van der Waals surface area contributed by atoms with Crippen molar-refractivity contribution in [3.05, 3.63) is 23.8 Å². The van der Waals surface area contributed by atoms with Gasteiger partial charge in [0.15, 0.2) is 11.5 Å². The maximum atomic E-state index is 11.9. The fraction of sp³-hybridized carbons (Fsp3) is 0.600. The van der Waals surface area contributed by atoms with E-state index in [9.17, 15) is 9.59 Å². The highest BCUT2D eigenvalue weighted by molar-refractivity contribution is 5.89. The first-order valence-corrected chi connectivity index (χ1v) is 9.22. The summed E-state index contributed by atoms with van der Waals surface area (Å²) in [6.07, 6.45) is 2.23. The minimum Gasteiger partial charge on any atom is -0.493 e. The molecule has 0 aromatic heterocycles. The predicted octanol–water partition coefficient (Wildman–Crippen LogP) is 4.47. The Morgan fingerprint density at radius 2 is 1.57 bits per heavy atom. The van der Waals surface area contributed by atoms with E-state index in [0.29, 0.717) is 17.4 Å².